The van der Waals surface area contributed by atoms with Crippen molar-refractivity contribution in [3.8, 4) is 0 Å². The molecule has 28 heavy (non-hydrogen) atoms. The fourth-order valence-electron chi connectivity index (χ4n) is 3.39. The molecular formula is C18H34O10. The second kappa shape index (κ2) is 12.3. The van der Waals surface area contributed by atoms with E-state index in [4.69, 9.17) is 38.6 Å². The van der Waals surface area contributed by atoms with Gasteiger partial charge in [0.1, 0.15) is 12.2 Å². The number of aliphatic hydroxyl groups is 4. The Balaban J connectivity index is 1.98. The van der Waals surface area contributed by atoms with Crippen LogP contribution >= 0.6 is 0 Å². The molecule has 2 unspecified atom stereocenters. The molecule has 2 fully saturated rings. The highest BCUT2D eigenvalue weighted by Crippen LogP contribution is 2.31. The van der Waals surface area contributed by atoms with Crippen molar-refractivity contribution in [3.05, 3.63) is 0 Å². The van der Waals surface area contributed by atoms with Crippen LogP contribution in [0.3, 0.4) is 0 Å². The first-order chi connectivity index (χ1) is 13.5. The van der Waals surface area contributed by atoms with E-state index in [-0.39, 0.29) is 58.4 Å². The molecule has 2 aliphatic heterocycles. The van der Waals surface area contributed by atoms with Crippen molar-refractivity contribution in [1.82, 2.24) is 0 Å². The minimum absolute atomic E-state index is 0.0919. The van der Waals surface area contributed by atoms with E-state index in [1.807, 2.05) is 6.92 Å². The molecule has 2 heterocycles. The normalized spacial score (nSPS) is 39.2. The summed E-state index contributed by atoms with van der Waals surface area (Å²) in [5.41, 5.74) is 0. The van der Waals surface area contributed by atoms with Crippen molar-refractivity contribution in [2.75, 3.05) is 46.8 Å². The summed E-state index contributed by atoms with van der Waals surface area (Å²) in [6.07, 6.45) is -4.15. The number of hydrogen-bond acceptors (Lipinski definition) is 10. The summed E-state index contributed by atoms with van der Waals surface area (Å²) in [6.45, 7) is 2.30. The smallest absolute Gasteiger partial charge is 0.161 e. The second-order valence-electron chi connectivity index (χ2n) is 7.11. The van der Waals surface area contributed by atoms with E-state index >= 15 is 0 Å². The lowest BCUT2D eigenvalue weighted by atomic mass is 9.93. The molecule has 0 aromatic rings. The van der Waals surface area contributed by atoms with E-state index in [1.165, 1.54) is 7.11 Å². The van der Waals surface area contributed by atoms with Crippen molar-refractivity contribution in [2.24, 2.45) is 5.92 Å². The van der Waals surface area contributed by atoms with Gasteiger partial charge in [0.05, 0.1) is 58.0 Å². The lowest BCUT2D eigenvalue weighted by Gasteiger charge is -2.43. The van der Waals surface area contributed by atoms with Gasteiger partial charge in [-0.2, -0.15) is 0 Å². The predicted octanol–water partition coefficient (Wildman–Crippen LogP) is -1.38. The van der Waals surface area contributed by atoms with Crippen molar-refractivity contribution >= 4 is 0 Å². The number of ether oxygens (including phenoxy) is 6. The minimum Gasteiger partial charge on any atom is -0.394 e. The Morgan fingerprint density at radius 2 is 1.43 bits per heavy atom. The van der Waals surface area contributed by atoms with Gasteiger partial charge in [0.2, 0.25) is 0 Å². The molecule has 0 aromatic carbocycles. The first-order valence-electron chi connectivity index (χ1n) is 9.72. The lowest BCUT2D eigenvalue weighted by molar-refractivity contribution is -0.315. The van der Waals surface area contributed by atoms with Crippen LogP contribution in [-0.2, 0) is 28.4 Å². The molecule has 10 heteroatoms. The third-order valence-corrected chi connectivity index (χ3v) is 5.07. The predicted molar refractivity (Wildman–Crippen MR) is 95.4 cm³/mol. The standard InChI is InChI=1S/C18H34O10/c1-11-12(21)7-17(26-14(11)9-24-5-3-19)28-18-13(22)8-16(23-2)27-15(18)10-25-6-4-20/h11-22H,3-10H2,1-2H3/t11-,12+,13+,14?,15?,16-,17+,18-/m1/s1. The van der Waals surface area contributed by atoms with Gasteiger partial charge in [-0.25, -0.2) is 0 Å². The van der Waals surface area contributed by atoms with E-state index in [0.717, 1.165) is 0 Å². The molecule has 2 rings (SSSR count). The maximum Gasteiger partial charge on any atom is 0.161 e. The summed E-state index contributed by atoms with van der Waals surface area (Å²) in [7, 11) is 1.49. The number of aliphatic hydroxyl groups excluding tert-OH is 4. The summed E-state index contributed by atoms with van der Waals surface area (Å²) in [5.74, 6) is -0.160. The summed E-state index contributed by atoms with van der Waals surface area (Å²) in [4.78, 5) is 0. The lowest BCUT2D eigenvalue weighted by Crippen LogP contribution is -2.55. The Morgan fingerprint density at radius 3 is 2.04 bits per heavy atom. The SMILES string of the molecule is CO[C@H]1C[C@H](O)[C@@H](O[C@H]2C[C@H](O)[C@@H](C)C(COCCO)O2)C(COCCO)O1. The molecule has 0 bridgehead atoms. The summed E-state index contributed by atoms with van der Waals surface area (Å²) in [6, 6.07) is 0. The quantitative estimate of drug-likeness (QED) is 0.302. The summed E-state index contributed by atoms with van der Waals surface area (Å²) < 4.78 is 33.6. The van der Waals surface area contributed by atoms with Crippen LogP contribution in [0.15, 0.2) is 0 Å². The summed E-state index contributed by atoms with van der Waals surface area (Å²) >= 11 is 0. The van der Waals surface area contributed by atoms with Crippen molar-refractivity contribution in [2.45, 2.75) is 62.9 Å². The van der Waals surface area contributed by atoms with Crippen molar-refractivity contribution in [3.63, 3.8) is 0 Å². The van der Waals surface area contributed by atoms with Gasteiger partial charge in [-0.05, 0) is 0 Å². The first-order valence-corrected chi connectivity index (χ1v) is 9.72. The highest BCUT2D eigenvalue weighted by atomic mass is 16.7. The zero-order chi connectivity index (χ0) is 20.5. The largest absolute Gasteiger partial charge is 0.394 e. The van der Waals surface area contributed by atoms with Crippen LogP contribution in [0.1, 0.15) is 19.8 Å². The highest BCUT2D eigenvalue weighted by molar-refractivity contribution is 4.87. The first kappa shape index (κ1) is 23.9. The van der Waals surface area contributed by atoms with Crippen LogP contribution in [0.2, 0.25) is 0 Å². The third-order valence-electron chi connectivity index (χ3n) is 5.07. The van der Waals surface area contributed by atoms with Crippen LogP contribution in [0.25, 0.3) is 0 Å². The number of methoxy groups -OCH3 is 1. The fourth-order valence-corrected chi connectivity index (χ4v) is 3.39. The maximum absolute atomic E-state index is 10.5. The fraction of sp³-hybridized carbons (Fsp3) is 1.00. The van der Waals surface area contributed by atoms with E-state index in [0.29, 0.717) is 0 Å². The Labute approximate surface area is 165 Å². The highest BCUT2D eigenvalue weighted by Gasteiger charge is 2.43. The van der Waals surface area contributed by atoms with E-state index in [2.05, 4.69) is 0 Å². The summed E-state index contributed by atoms with van der Waals surface area (Å²) in [5, 5.41) is 38.6. The zero-order valence-corrected chi connectivity index (χ0v) is 16.5. The molecule has 0 aromatic heterocycles. The molecule has 0 aliphatic carbocycles. The average Bonchev–Trinajstić information content (AvgIpc) is 2.68. The van der Waals surface area contributed by atoms with E-state index < -0.39 is 43.1 Å². The molecule has 4 N–H and O–H groups in total. The van der Waals surface area contributed by atoms with Gasteiger partial charge in [0.15, 0.2) is 12.6 Å². The second-order valence-corrected chi connectivity index (χ2v) is 7.11. The molecule has 8 atom stereocenters. The molecule has 0 saturated carbocycles. The molecule has 2 saturated heterocycles. The Kier molecular flexibility index (Phi) is 10.5. The molecule has 0 radical (unpaired) electrons. The van der Waals surface area contributed by atoms with Gasteiger partial charge in [0.25, 0.3) is 0 Å². The van der Waals surface area contributed by atoms with E-state index in [9.17, 15) is 10.2 Å². The topological polar surface area (TPSA) is 136 Å². The molecule has 2 aliphatic rings. The van der Waals surface area contributed by atoms with Gasteiger partial charge < -0.3 is 48.8 Å². The monoisotopic (exact) mass is 410 g/mol. The van der Waals surface area contributed by atoms with Crippen LogP contribution in [0, 0.1) is 5.92 Å². The molecular weight excluding hydrogens is 376 g/mol. The average molecular weight is 410 g/mol. The van der Waals surface area contributed by atoms with Crippen molar-refractivity contribution < 1.29 is 48.8 Å². The van der Waals surface area contributed by atoms with Crippen LogP contribution < -0.4 is 0 Å². The molecule has 0 amide bonds. The van der Waals surface area contributed by atoms with Gasteiger partial charge >= 0.3 is 0 Å². The van der Waals surface area contributed by atoms with Crippen LogP contribution in [0.4, 0.5) is 0 Å². The Morgan fingerprint density at radius 1 is 0.857 bits per heavy atom. The molecule has 166 valence electrons. The number of hydrogen-bond donors (Lipinski definition) is 4. The zero-order valence-electron chi connectivity index (χ0n) is 16.5. The Hall–Kier alpha value is -0.400. The van der Waals surface area contributed by atoms with Gasteiger partial charge in [-0.1, -0.05) is 6.92 Å². The Bertz CT molecular complexity index is 425. The number of rotatable bonds is 11. The van der Waals surface area contributed by atoms with Crippen LogP contribution in [-0.4, -0.2) is 110 Å². The third kappa shape index (κ3) is 6.84. The van der Waals surface area contributed by atoms with Crippen LogP contribution in [0.5, 0.6) is 0 Å². The van der Waals surface area contributed by atoms with E-state index in [1.54, 1.807) is 0 Å². The van der Waals surface area contributed by atoms with Gasteiger partial charge in [0, 0.05) is 25.9 Å². The van der Waals surface area contributed by atoms with Crippen molar-refractivity contribution in [1.29, 1.82) is 0 Å². The van der Waals surface area contributed by atoms with Gasteiger partial charge in [-0.3, -0.25) is 0 Å². The molecule has 10 nitrogen and oxygen atoms in total. The minimum atomic E-state index is -0.870. The van der Waals surface area contributed by atoms with Gasteiger partial charge in [-0.15, -0.1) is 0 Å². The maximum atomic E-state index is 10.5. The molecule has 0 spiro atoms.